The van der Waals surface area contributed by atoms with Crippen LogP contribution in [0.3, 0.4) is 0 Å². The van der Waals surface area contributed by atoms with E-state index in [4.69, 9.17) is 15.6 Å². The Morgan fingerprint density at radius 3 is 2.56 bits per heavy atom. The van der Waals surface area contributed by atoms with Crippen molar-refractivity contribution in [3.63, 3.8) is 0 Å². The van der Waals surface area contributed by atoms with E-state index >= 15 is 0 Å². The molecular weight excluding hydrogens is 232 g/mol. The summed E-state index contributed by atoms with van der Waals surface area (Å²) in [6, 6.07) is 1.39. The SMILES string of the molecule is Nc1cc(C(=O)O)cnc1OC1CCCCCC1. The van der Waals surface area contributed by atoms with Crippen molar-refractivity contribution in [1.82, 2.24) is 4.98 Å². The van der Waals surface area contributed by atoms with E-state index in [0.29, 0.717) is 11.6 Å². The second-order valence-electron chi connectivity index (χ2n) is 4.65. The summed E-state index contributed by atoms with van der Waals surface area (Å²) in [7, 11) is 0. The number of nitrogens with zero attached hydrogens (tertiary/aromatic N) is 1. The molecule has 0 amide bonds. The summed E-state index contributed by atoms with van der Waals surface area (Å²) in [6.07, 6.45) is 8.30. The van der Waals surface area contributed by atoms with Crippen LogP contribution in [0.2, 0.25) is 0 Å². The highest BCUT2D eigenvalue weighted by Crippen LogP contribution is 2.25. The van der Waals surface area contributed by atoms with Gasteiger partial charge in [-0.05, 0) is 31.7 Å². The maximum absolute atomic E-state index is 10.8. The molecule has 18 heavy (non-hydrogen) atoms. The number of carboxylic acids is 1. The molecule has 0 spiro atoms. The molecule has 1 aliphatic carbocycles. The van der Waals surface area contributed by atoms with Crippen molar-refractivity contribution in [3.05, 3.63) is 17.8 Å². The highest BCUT2D eigenvalue weighted by molar-refractivity contribution is 5.88. The topological polar surface area (TPSA) is 85.4 Å². The molecule has 1 aliphatic rings. The van der Waals surface area contributed by atoms with Gasteiger partial charge in [0.1, 0.15) is 6.10 Å². The Kier molecular flexibility index (Phi) is 4.02. The summed E-state index contributed by atoms with van der Waals surface area (Å²) >= 11 is 0. The maximum atomic E-state index is 10.8. The zero-order valence-electron chi connectivity index (χ0n) is 10.3. The Labute approximate surface area is 106 Å². The molecule has 2 rings (SSSR count). The fourth-order valence-electron chi connectivity index (χ4n) is 2.20. The second kappa shape index (κ2) is 5.71. The van der Waals surface area contributed by atoms with Crippen molar-refractivity contribution in [3.8, 4) is 5.88 Å². The molecule has 5 nitrogen and oxygen atoms in total. The minimum Gasteiger partial charge on any atom is -0.478 e. The lowest BCUT2D eigenvalue weighted by atomic mass is 10.1. The fraction of sp³-hybridized carbons (Fsp3) is 0.538. The molecule has 1 aromatic rings. The Bertz CT molecular complexity index is 426. The third-order valence-electron chi connectivity index (χ3n) is 3.21. The number of carbonyl (C=O) groups is 1. The minimum absolute atomic E-state index is 0.0840. The van der Waals surface area contributed by atoms with E-state index < -0.39 is 5.97 Å². The van der Waals surface area contributed by atoms with Gasteiger partial charge in [-0.15, -0.1) is 0 Å². The molecule has 3 N–H and O–H groups in total. The second-order valence-corrected chi connectivity index (χ2v) is 4.65. The van der Waals surface area contributed by atoms with Crippen LogP contribution >= 0.6 is 0 Å². The van der Waals surface area contributed by atoms with Crippen molar-refractivity contribution < 1.29 is 14.6 Å². The number of carboxylic acid groups (broad SMARTS) is 1. The molecule has 0 aromatic carbocycles. The first-order valence-corrected chi connectivity index (χ1v) is 6.32. The van der Waals surface area contributed by atoms with E-state index in [1.165, 1.54) is 25.1 Å². The number of hydrogen-bond donors (Lipinski definition) is 2. The van der Waals surface area contributed by atoms with Gasteiger partial charge in [-0.25, -0.2) is 9.78 Å². The van der Waals surface area contributed by atoms with E-state index in [9.17, 15) is 4.79 Å². The number of nitrogens with two attached hydrogens (primary N) is 1. The number of anilines is 1. The molecule has 0 unspecified atom stereocenters. The zero-order chi connectivity index (χ0) is 13.0. The molecule has 98 valence electrons. The summed E-state index contributed by atoms with van der Waals surface area (Å²) in [4.78, 5) is 14.8. The van der Waals surface area contributed by atoms with Crippen LogP contribution in [0.1, 0.15) is 48.9 Å². The van der Waals surface area contributed by atoms with Crippen LogP contribution in [0.15, 0.2) is 12.3 Å². The number of pyridine rings is 1. The number of aromatic nitrogens is 1. The van der Waals surface area contributed by atoms with Crippen molar-refractivity contribution in [1.29, 1.82) is 0 Å². The molecule has 0 atom stereocenters. The molecular formula is C13H18N2O3. The van der Waals surface area contributed by atoms with E-state index in [1.807, 2.05) is 0 Å². The molecule has 1 fully saturated rings. The number of nitrogen functional groups attached to an aromatic ring is 1. The van der Waals surface area contributed by atoms with Gasteiger partial charge in [-0.2, -0.15) is 0 Å². The molecule has 1 aromatic heterocycles. The highest BCUT2D eigenvalue weighted by atomic mass is 16.5. The Balaban J connectivity index is 2.06. The molecule has 0 aliphatic heterocycles. The van der Waals surface area contributed by atoms with Gasteiger partial charge in [-0.3, -0.25) is 0 Å². The van der Waals surface area contributed by atoms with Gasteiger partial charge in [0, 0.05) is 6.20 Å². The Hall–Kier alpha value is -1.78. The van der Waals surface area contributed by atoms with Gasteiger partial charge in [0.15, 0.2) is 0 Å². The predicted octanol–water partition coefficient (Wildman–Crippen LogP) is 2.46. The molecule has 0 bridgehead atoms. The van der Waals surface area contributed by atoms with Crippen LogP contribution < -0.4 is 10.5 Å². The summed E-state index contributed by atoms with van der Waals surface area (Å²) in [5.74, 6) is -0.679. The summed E-state index contributed by atoms with van der Waals surface area (Å²) in [6.45, 7) is 0. The number of hydrogen-bond acceptors (Lipinski definition) is 4. The van der Waals surface area contributed by atoms with Crippen LogP contribution in [0.4, 0.5) is 5.69 Å². The lowest BCUT2D eigenvalue weighted by Crippen LogP contribution is -2.17. The van der Waals surface area contributed by atoms with E-state index in [0.717, 1.165) is 25.7 Å². The molecule has 1 heterocycles. The minimum atomic E-state index is -1.03. The van der Waals surface area contributed by atoms with Gasteiger partial charge in [0.05, 0.1) is 11.3 Å². The van der Waals surface area contributed by atoms with Crippen molar-refractivity contribution in [2.45, 2.75) is 44.6 Å². The van der Waals surface area contributed by atoms with Crippen molar-refractivity contribution >= 4 is 11.7 Å². The van der Waals surface area contributed by atoms with Crippen LogP contribution in [0, 0.1) is 0 Å². The van der Waals surface area contributed by atoms with Crippen LogP contribution in [0.5, 0.6) is 5.88 Å². The highest BCUT2D eigenvalue weighted by Gasteiger charge is 2.16. The quantitative estimate of drug-likeness (QED) is 0.805. The number of aromatic carboxylic acids is 1. The first-order valence-electron chi connectivity index (χ1n) is 6.32. The first kappa shape index (κ1) is 12.7. The Morgan fingerprint density at radius 1 is 1.33 bits per heavy atom. The summed E-state index contributed by atoms with van der Waals surface area (Å²) in [5.41, 5.74) is 6.14. The molecule has 5 heteroatoms. The number of ether oxygens (including phenoxy) is 1. The van der Waals surface area contributed by atoms with E-state index in [2.05, 4.69) is 4.98 Å². The lowest BCUT2D eigenvalue weighted by Gasteiger charge is -2.17. The van der Waals surface area contributed by atoms with Gasteiger partial charge in [0.2, 0.25) is 5.88 Å². The normalized spacial score (nSPS) is 17.1. The largest absolute Gasteiger partial charge is 0.478 e. The van der Waals surface area contributed by atoms with E-state index in [-0.39, 0.29) is 11.7 Å². The Morgan fingerprint density at radius 2 is 2.00 bits per heavy atom. The monoisotopic (exact) mass is 250 g/mol. The molecule has 0 saturated heterocycles. The molecule has 1 saturated carbocycles. The van der Waals surface area contributed by atoms with Gasteiger partial charge in [0.25, 0.3) is 0 Å². The van der Waals surface area contributed by atoms with Crippen molar-refractivity contribution in [2.24, 2.45) is 0 Å². The van der Waals surface area contributed by atoms with Gasteiger partial charge < -0.3 is 15.6 Å². The summed E-state index contributed by atoms with van der Waals surface area (Å²) in [5, 5.41) is 8.82. The predicted molar refractivity (Wildman–Crippen MR) is 67.7 cm³/mol. The maximum Gasteiger partial charge on any atom is 0.337 e. The first-order chi connectivity index (χ1) is 8.66. The van der Waals surface area contributed by atoms with Gasteiger partial charge in [-0.1, -0.05) is 12.8 Å². The van der Waals surface area contributed by atoms with Crippen LogP contribution in [0.25, 0.3) is 0 Å². The smallest absolute Gasteiger partial charge is 0.337 e. The average Bonchev–Trinajstić information content (AvgIpc) is 2.60. The third kappa shape index (κ3) is 3.12. The zero-order valence-corrected chi connectivity index (χ0v) is 10.3. The number of rotatable bonds is 3. The third-order valence-corrected chi connectivity index (χ3v) is 3.21. The van der Waals surface area contributed by atoms with E-state index in [1.54, 1.807) is 0 Å². The average molecular weight is 250 g/mol. The summed E-state index contributed by atoms with van der Waals surface area (Å²) < 4.78 is 5.77. The molecule has 0 radical (unpaired) electrons. The lowest BCUT2D eigenvalue weighted by molar-refractivity contribution is 0.0696. The fourth-order valence-corrected chi connectivity index (χ4v) is 2.20. The van der Waals surface area contributed by atoms with Crippen molar-refractivity contribution in [2.75, 3.05) is 5.73 Å². The standard InChI is InChI=1S/C13H18N2O3/c14-11-7-9(13(16)17)8-15-12(11)18-10-5-3-1-2-4-6-10/h7-8,10H,1-6,14H2,(H,16,17). The van der Waals surface area contributed by atoms with Crippen LogP contribution in [-0.2, 0) is 0 Å². The van der Waals surface area contributed by atoms with Crippen LogP contribution in [-0.4, -0.2) is 22.2 Å². The van der Waals surface area contributed by atoms with Gasteiger partial charge >= 0.3 is 5.97 Å².